The molecule has 1 aliphatic rings. The lowest BCUT2D eigenvalue weighted by Gasteiger charge is -2.34. The van der Waals surface area contributed by atoms with Crippen LogP contribution in [-0.4, -0.2) is 61.5 Å². The molecule has 0 bridgehead atoms. The van der Waals surface area contributed by atoms with Crippen LogP contribution < -0.4 is 4.90 Å². The van der Waals surface area contributed by atoms with E-state index in [4.69, 9.17) is 5.10 Å². The van der Waals surface area contributed by atoms with Crippen LogP contribution in [0.2, 0.25) is 0 Å². The van der Waals surface area contributed by atoms with E-state index in [0.717, 1.165) is 5.82 Å². The summed E-state index contributed by atoms with van der Waals surface area (Å²) in [5.41, 5.74) is 3.36. The van der Waals surface area contributed by atoms with Crippen LogP contribution in [0.3, 0.4) is 0 Å². The Balaban J connectivity index is 1.45. The minimum Gasteiger partial charge on any atom is -0.353 e. The van der Waals surface area contributed by atoms with E-state index >= 15 is 4.39 Å². The molecule has 188 valence electrons. The van der Waals surface area contributed by atoms with Crippen LogP contribution in [0.25, 0.3) is 38.8 Å². The molecule has 2 aromatic carbocycles. The van der Waals surface area contributed by atoms with Gasteiger partial charge in [-0.05, 0) is 37.3 Å². The van der Waals surface area contributed by atoms with Gasteiger partial charge in [-0.25, -0.2) is 18.7 Å². The molecule has 1 amide bonds. The van der Waals surface area contributed by atoms with Crippen LogP contribution in [0.5, 0.6) is 0 Å². The zero-order valence-corrected chi connectivity index (χ0v) is 20.7. The van der Waals surface area contributed by atoms with Crippen molar-refractivity contribution in [3.05, 3.63) is 66.0 Å². The number of anilines is 1. The maximum atomic E-state index is 15.0. The zero-order valence-electron chi connectivity index (χ0n) is 20.7. The minimum absolute atomic E-state index is 0.0776. The number of hydrogen-bond acceptors (Lipinski definition) is 5. The molecule has 1 aliphatic heterocycles. The van der Waals surface area contributed by atoms with Crippen LogP contribution in [0.4, 0.5) is 14.6 Å². The quantitative estimate of drug-likeness (QED) is 0.370. The molecule has 0 atom stereocenters. The van der Waals surface area contributed by atoms with E-state index in [9.17, 15) is 9.18 Å². The van der Waals surface area contributed by atoms with Crippen molar-refractivity contribution >= 4 is 33.5 Å². The van der Waals surface area contributed by atoms with E-state index in [2.05, 4.69) is 15.0 Å². The highest BCUT2D eigenvalue weighted by molar-refractivity contribution is 6.03. The number of benzene rings is 2. The first-order chi connectivity index (χ1) is 17.8. The summed E-state index contributed by atoms with van der Waals surface area (Å²) in [5.74, 6) is 0.0735. The van der Waals surface area contributed by atoms with E-state index < -0.39 is 5.95 Å². The average Bonchev–Trinajstić information content (AvgIpc) is 3.44. The second kappa shape index (κ2) is 8.65. The largest absolute Gasteiger partial charge is 0.353 e. The van der Waals surface area contributed by atoms with Gasteiger partial charge in [-0.3, -0.25) is 4.79 Å². The van der Waals surface area contributed by atoms with Crippen molar-refractivity contribution < 1.29 is 13.6 Å². The molecule has 8 nitrogen and oxygen atoms in total. The van der Waals surface area contributed by atoms with Gasteiger partial charge in [0.15, 0.2) is 0 Å². The fourth-order valence-corrected chi connectivity index (χ4v) is 5.08. The molecule has 37 heavy (non-hydrogen) atoms. The number of fused-ring (bicyclic) bond motifs is 2. The Kier molecular flexibility index (Phi) is 5.40. The summed E-state index contributed by atoms with van der Waals surface area (Å²) in [6, 6.07) is 12.3. The summed E-state index contributed by atoms with van der Waals surface area (Å²) < 4.78 is 32.6. The van der Waals surface area contributed by atoms with Crippen molar-refractivity contribution in [2.24, 2.45) is 7.05 Å². The van der Waals surface area contributed by atoms with Gasteiger partial charge in [0.1, 0.15) is 17.3 Å². The molecule has 6 rings (SSSR count). The number of nitrogens with zero attached hydrogens (tertiary/aromatic N) is 7. The third-order valence-electron chi connectivity index (χ3n) is 7.10. The standard InChI is InChI=1S/C27H25F2N7O/c1-16-21(28)9-8-20-25(19-5-4-6-22-24(19)27(29)33(3)31-22)32-36(26(16)20)18-7-10-23(30-15-18)35-13-11-34(12-14-35)17(2)37/h4-10,15H,11-14H2,1-3H3. The van der Waals surface area contributed by atoms with Crippen LogP contribution >= 0.6 is 0 Å². The molecule has 4 heterocycles. The maximum absolute atomic E-state index is 15.0. The molecule has 0 spiro atoms. The van der Waals surface area contributed by atoms with Crippen molar-refractivity contribution in [3.8, 4) is 16.9 Å². The number of rotatable bonds is 3. The Morgan fingerprint density at radius 3 is 2.46 bits per heavy atom. The zero-order chi connectivity index (χ0) is 25.8. The highest BCUT2D eigenvalue weighted by atomic mass is 19.1. The monoisotopic (exact) mass is 501 g/mol. The fourth-order valence-electron chi connectivity index (χ4n) is 5.08. The molecule has 5 aromatic rings. The van der Waals surface area contributed by atoms with E-state index in [0.29, 0.717) is 70.5 Å². The number of carbonyl (C=O) groups excluding carboxylic acids is 1. The van der Waals surface area contributed by atoms with Gasteiger partial charge < -0.3 is 9.80 Å². The second-order valence-corrected chi connectivity index (χ2v) is 9.31. The van der Waals surface area contributed by atoms with E-state index in [-0.39, 0.29) is 11.7 Å². The van der Waals surface area contributed by atoms with Gasteiger partial charge in [0, 0.05) is 56.7 Å². The highest BCUT2D eigenvalue weighted by Gasteiger charge is 2.23. The summed E-state index contributed by atoms with van der Waals surface area (Å²) in [4.78, 5) is 20.2. The van der Waals surface area contributed by atoms with Crippen molar-refractivity contribution in [1.29, 1.82) is 0 Å². The number of carbonyl (C=O) groups is 1. The lowest BCUT2D eigenvalue weighted by atomic mass is 10.0. The summed E-state index contributed by atoms with van der Waals surface area (Å²) in [6.07, 6.45) is 1.71. The molecule has 3 aromatic heterocycles. The normalized spacial score (nSPS) is 14.2. The van der Waals surface area contributed by atoms with Crippen molar-refractivity contribution in [2.75, 3.05) is 31.1 Å². The van der Waals surface area contributed by atoms with Gasteiger partial charge in [-0.2, -0.15) is 14.6 Å². The van der Waals surface area contributed by atoms with Crippen LogP contribution in [0.1, 0.15) is 12.5 Å². The molecule has 0 N–H and O–H groups in total. The molecule has 0 saturated carbocycles. The third kappa shape index (κ3) is 3.71. The molecular formula is C27H25F2N7O. The first-order valence-corrected chi connectivity index (χ1v) is 12.1. The Bertz CT molecular complexity index is 1660. The minimum atomic E-state index is -0.456. The highest BCUT2D eigenvalue weighted by Crippen LogP contribution is 2.37. The maximum Gasteiger partial charge on any atom is 0.219 e. The predicted molar refractivity (Wildman–Crippen MR) is 138 cm³/mol. The lowest BCUT2D eigenvalue weighted by molar-refractivity contribution is -0.129. The smallest absolute Gasteiger partial charge is 0.219 e. The lowest BCUT2D eigenvalue weighted by Crippen LogP contribution is -2.48. The van der Waals surface area contributed by atoms with Gasteiger partial charge in [-0.15, -0.1) is 0 Å². The Hall–Kier alpha value is -4.34. The van der Waals surface area contributed by atoms with E-state index in [1.54, 1.807) is 50.0 Å². The molecule has 1 fully saturated rings. The molecule has 0 unspecified atom stereocenters. The van der Waals surface area contributed by atoms with E-state index in [1.807, 2.05) is 23.1 Å². The van der Waals surface area contributed by atoms with Gasteiger partial charge in [-0.1, -0.05) is 12.1 Å². The van der Waals surface area contributed by atoms with Gasteiger partial charge >= 0.3 is 0 Å². The fraction of sp³-hybridized carbons (Fsp3) is 0.259. The number of piperazine rings is 1. The second-order valence-electron chi connectivity index (χ2n) is 9.31. The Morgan fingerprint density at radius 2 is 1.76 bits per heavy atom. The topological polar surface area (TPSA) is 72.1 Å². The van der Waals surface area contributed by atoms with Gasteiger partial charge in [0.25, 0.3) is 0 Å². The Morgan fingerprint density at radius 1 is 0.973 bits per heavy atom. The van der Waals surface area contributed by atoms with Crippen molar-refractivity contribution in [3.63, 3.8) is 0 Å². The number of amides is 1. The van der Waals surface area contributed by atoms with Crippen LogP contribution in [-0.2, 0) is 11.8 Å². The summed E-state index contributed by atoms with van der Waals surface area (Å²) in [7, 11) is 1.56. The summed E-state index contributed by atoms with van der Waals surface area (Å²) in [6.45, 7) is 6.00. The number of hydrogen-bond donors (Lipinski definition) is 0. The Labute approximate surface area is 211 Å². The third-order valence-corrected chi connectivity index (χ3v) is 7.10. The van der Waals surface area contributed by atoms with Crippen LogP contribution in [0, 0.1) is 18.7 Å². The molecule has 0 radical (unpaired) electrons. The van der Waals surface area contributed by atoms with E-state index in [1.165, 1.54) is 10.7 Å². The number of aromatic nitrogens is 5. The number of aryl methyl sites for hydroxylation is 2. The first-order valence-electron chi connectivity index (χ1n) is 12.1. The summed E-state index contributed by atoms with van der Waals surface area (Å²) in [5, 5.41) is 10.2. The van der Waals surface area contributed by atoms with Crippen molar-refractivity contribution in [2.45, 2.75) is 13.8 Å². The van der Waals surface area contributed by atoms with Gasteiger partial charge in [0.05, 0.1) is 28.3 Å². The number of pyridine rings is 1. The molecule has 10 heteroatoms. The molecular weight excluding hydrogens is 476 g/mol. The predicted octanol–water partition coefficient (Wildman–Crippen LogP) is 4.23. The molecule has 1 saturated heterocycles. The van der Waals surface area contributed by atoms with Crippen LogP contribution in [0.15, 0.2) is 48.7 Å². The van der Waals surface area contributed by atoms with Crippen molar-refractivity contribution in [1.82, 2.24) is 29.4 Å². The summed E-state index contributed by atoms with van der Waals surface area (Å²) >= 11 is 0. The van der Waals surface area contributed by atoms with Gasteiger partial charge in [0.2, 0.25) is 11.9 Å². The first kappa shape index (κ1) is 23.1. The SMILES string of the molecule is CC(=O)N1CCN(c2ccc(-n3nc(-c4cccc5nn(C)c(F)c45)c4ccc(F)c(C)c43)cn2)CC1. The number of halogens is 2. The average molecular weight is 502 g/mol. The molecule has 0 aliphatic carbocycles.